The van der Waals surface area contributed by atoms with Crippen molar-refractivity contribution in [3.63, 3.8) is 0 Å². The molecule has 0 radical (unpaired) electrons. The predicted molar refractivity (Wildman–Crippen MR) is 61.5 cm³/mol. The number of nitrogens with one attached hydrogen (secondary N) is 1. The van der Waals surface area contributed by atoms with Gasteiger partial charge in [0.15, 0.2) is 0 Å². The Kier molecular flexibility index (Phi) is 7.34. The van der Waals surface area contributed by atoms with Crippen LogP contribution < -0.4 is 11.1 Å². The number of ether oxygens (including phenoxy) is 1. The van der Waals surface area contributed by atoms with E-state index in [-0.39, 0.29) is 17.9 Å². The minimum Gasteiger partial charge on any atom is -0.383 e. The molecule has 0 saturated carbocycles. The average molecular weight is 216 g/mol. The highest BCUT2D eigenvalue weighted by molar-refractivity contribution is 5.78. The van der Waals surface area contributed by atoms with E-state index in [2.05, 4.69) is 5.32 Å². The molecule has 4 heteroatoms. The molecule has 0 aromatic heterocycles. The third-order valence-electron chi connectivity index (χ3n) is 2.64. The molecule has 0 aliphatic heterocycles. The summed E-state index contributed by atoms with van der Waals surface area (Å²) in [5, 5.41) is 2.96. The molecule has 15 heavy (non-hydrogen) atoms. The minimum absolute atomic E-state index is 0.0298. The molecule has 2 atom stereocenters. The lowest BCUT2D eigenvalue weighted by Crippen LogP contribution is -2.42. The van der Waals surface area contributed by atoms with E-state index in [9.17, 15) is 4.79 Å². The van der Waals surface area contributed by atoms with Gasteiger partial charge in [0.05, 0.1) is 12.6 Å². The third kappa shape index (κ3) is 5.74. The average Bonchev–Trinajstić information content (AvgIpc) is 2.17. The molecule has 0 aromatic rings. The van der Waals surface area contributed by atoms with Crippen LogP contribution in [-0.4, -0.2) is 32.2 Å². The summed E-state index contributed by atoms with van der Waals surface area (Å²) in [6, 6.07) is 0.0358. The third-order valence-corrected chi connectivity index (χ3v) is 2.64. The molecule has 0 aliphatic carbocycles. The maximum atomic E-state index is 11.7. The Balaban J connectivity index is 4.09. The summed E-state index contributed by atoms with van der Waals surface area (Å²) in [5.74, 6) is 0.466. The SMILES string of the molecule is COCC(CCN)NC(=O)C(C)C(C)C. The van der Waals surface area contributed by atoms with Crippen molar-refractivity contribution in [1.82, 2.24) is 5.32 Å². The van der Waals surface area contributed by atoms with Gasteiger partial charge in [0, 0.05) is 13.0 Å². The molecule has 4 nitrogen and oxygen atoms in total. The van der Waals surface area contributed by atoms with Crippen LogP contribution in [0.1, 0.15) is 27.2 Å². The Morgan fingerprint density at radius 3 is 2.40 bits per heavy atom. The highest BCUT2D eigenvalue weighted by atomic mass is 16.5. The highest BCUT2D eigenvalue weighted by Gasteiger charge is 2.19. The number of rotatable bonds is 7. The fourth-order valence-electron chi connectivity index (χ4n) is 1.23. The van der Waals surface area contributed by atoms with Crippen LogP contribution in [-0.2, 0) is 9.53 Å². The van der Waals surface area contributed by atoms with Crippen LogP contribution in [0.4, 0.5) is 0 Å². The van der Waals surface area contributed by atoms with E-state index >= 15 is 0 Å². The second-order valence-corrected chi connectivity index (χ2v) is 4.27. The summed E-state index contributed by atoms with van der Waals surface area (Å²) in [5.41, 5.74) is 5.46. The zero-order valence-corrected chi connectivity index (χ0v) is 10.2. The van der Waals surface area contributed by atoms with Gasteiger partial charge >= 0.3 is 0 Å². The Hall–Kier alpha value is -0.610. The summed E-state index contributed by atoms with van der Waals surface area (Å²) in [4.78, 5) is 11.7. The summed E-state index contributed by atoms with van der Waals surface area (Å²) >= 11 is 0. The molecule has 2 unspecified atom stereocenters. The van der Waals surface area contributed by atoms with E-state index in [0.717, 1.165) is 6.42 Å². The number of amides is 1. The number of hydrogen-bond acceptors (Lipinski definition) is 3. The molecule has 90 valence electrons. The fourth-order valence-corrected chi connectivity index (χ4v) is 1.23. The van der Waals surface area contributed by atoms with Gasteiger partial charge in [0.2, 0.25) is 5.91 Å². The number of carbonyl (C=O) groups excluding carboxylic acids is 1. The first-order chi connectivity index (χ1) is 7.02. The molecule has 0 fully saturated rings. The Morgan fingerprint density at radius 1 is 1.40 bits per heavy atom. The smallest absolute Gasteiger partial charge is 0.223 e. The standard InChI is InChI=1S/C11H24N2O2/c1-8(2)9(3)11(14)13-10(5-6-12)7-15-4/h8-10H,5-7,12H2,1-4H3,(H,13,14). The summed E-state index contributed by atoms with van der Waals surface area (Å²) in [6.07, 6.45) is 0.754. The van der Waals surface area contributed by atoms with Gasteiger partial charge in [0.1, 0.15) is 0 Å². The predicted octanol–water partition coefficient (Wildman–Crippen LogP) is 0.759. The van der Waals surface area contributed by atoms with Gasteiger partial charge in [-0.2, -0.15) is 0 Å². The molecule has 1 amide bonds. The zero-order chi connectivity index (χ0) is 11.8. The Morgan fingerprint density at radius 2 is 2.00 bits per heavy atom. The van der Waals surface area contributed by atoms with Crippen molar-refractivity contribution in [3.8, 4) is 0 Å². The lowest BCUT2D eigenvalue weighted by Gasteiger charge is -2.21. The molecule has 0 rings (SSSR count). The Bertz CT molecular complexity index is 177. The second-order valence-electron chi connectivity index (χ2n) is 4.27. The van der Waals surface area contributed by atoms with Crippen molar-refractivity contribution in [2.45, 2.75) is 33.2 Å². The molecular weight excluding hydrogens is 192 g/mol. The van der Waals surface area contributed by atoms with Gasteiger partial charge in [-0.05, 0) is 18.9 Å². The number of nitrogens with two attached hydrogens (primary N) is 1. The Labute approximate surface area is 92.6 Å². The number of hydrogen-bond donors (Lipinski definition) is 2. The van der Waals surface area contributed by atoms with Crippen molar-refractivity contribution >= 4 is 5.91 Å². The van der Waals surface area contributed by atoms with Crippen molar-refractivity contribution in [3.05, 3.63) is 0 Å². The van der Waals surface area contributed by atoms with Crippen LogP contribution in [0.25, 0.3) is 0 Å². The van der Waals surface area contributed by atoms with Crippen molar-refractivity contribution in [1.29, 1.82) is 0 Å². The largest absolute Gasteiger partial charge is 0.383 e. The van der Waals surface area contributed by atoms with Gasteiger partial charge < -0.3 is 15.8 Å². The van der Waals surface area contributed by atoms with E-state index in [1.165, 1.54) is 0 Å². The van der Waals surface area contributed by atoms with Gasteiger partial charge in [-0.3, -0.25) is 4.79 Å². The highest BCUT2D eigenvalue weighted by Crippen LogP contribution is 2.09. The first-order valence-electron chi connectivity index (χ1n) is 5.52. The monoisotopic (exact) mass is 216 g/mol. The molecule has 3 N–H and O–H groups in total. The normalized spacial score (nSPS) is 15.1. The van der Waals surface area contributed by atoms with Gasteiger partial charge in [0.25, 0.3) is 0 Å². The number of carbonyl (C=O) groups is 1. The van der Waals surface area contributed by atoms with Crippen LogP contribution in [0.15, 0.2) is 0 Å². The molecule has 0 spiro atoms. The van der Waals surface area contributed by atoms with Crippen LogP contribution in [0.3, 0.4) is 0 Å². The number of methoxy groups -OCH3 is 1. The van der Waals surface area contributed by atoms with Crippen LogP contribution in [0.5, 0.6) is 0 Å². The lowest BCUT2D eigenvalue weighted by molar-refractivity contribution is -0.126. The molecule has 0 saturated heterocycles. The van der Waals surface area contributed by atoms with E-state index < -0.39 is 0 Å². The quantitative estimate of drug-likeness (QED) is 0.660. The van der Waals surface area contributed by atoms with Crippen molar-refractivity contribution < 1.29 is 9.53 Å². The first kappa shape index (κ1) is 14.4. The molecule has 0 aromatic carbocycles. The molecule has 0 bridgehead atoms. The van der Waals surface area contributed by atoms with E-state index in [1.54, 1.807) is 7.11 Å². The summed E-state index contributed by atoms with van der Waals surface area (Å²) in [6.45, 7) is 7.10. The maximum Gasteiger partial charge on any atom is 0.223 e. The van der Waals surface area contributed by atoms with Crippen molar-refractivity contribution in [2.24, 2.45) is 17.6 Å². The van der Waals surface area contributed by atoms with E-state index in [4.69, 9.17) is 10.5 Å². The van der Waals surface area contributed by atoms with Gasteiger partial charge in [-0.15, -0.1) is 0 Å². The summed E-state index contributed by atoms with van der Waals surface area (Å²) in [7, 11) is 1.63. The molecule has 0 heterocycles. The second kappa shape index (κ2) is 7.65. The molecule has 0 aliphatic rings. The summed E-state index contributed by atoms with van der Waals surface area (Å²) < 4.78 is 5.03. The molecular formula is C11H24N2O2. The van der Waals surface area contributed by atoms with Crippen molar-refractivity contribution in [2.75, 3.05) is 20.3 Å². The van der Waals surface area contributed by atoms with Crippen LogP contribution in [0.2, 0.25) is 0 Å². The van der Waals surface area contributed by atoms with E-state index in [0.29, 0.717) is 19.1 Å². The van der Waals surface area contributed by atoms with Crippen LogP contribution in [0, 0.1) is 11.8 Å². The fraction of sp³-hybridized carbons (Fsp3) is 0.909. The topological polar surface area (TPSA) is 64.3 Å². The van der Waals surface area contributed by atoms with Gasteiger partial charge in [-0.25, -0.2) is 0 Å². The van der Waals surface area contributed by atoms with Gasteiger partial charge in [-0.1, -0.05) is 20.8 Å². The first-order valence-corrected chi connectivity index (χ1v) is 5.52. The zero-order valence-electron chi connectivity index (χ0n) is 10.2. The maximum absolute atomic E-state index is 11.7. The van der Waals surface area contributed by atoms with E-state index in [1.807, 2.05) is 20.8 Å². The lowest BCUT2D eigenvalue weighted by atomic mass is 9.97. The minimum atomic E-state index is 0.0298. The van der Waals surface area contributed by atoms with Crippen LogP contribution >= 0.6 is 0 Å².